The molecule has 1 aliphatic heterocycles. The number of hydrogen-bond acceptors (Lipinski definition) is 3. The molecule has 0 radical (unpaired) electrons. The molecule has 1 aromatic carbocycles. The van der Waals surface area contributed by atoms with Crippen LogP contribution in [0.15, 0.2) is 24.3 Å². The first kappa shape index (κ1) is 18.5. The molecule has 2 rings (SSSR count). The monoisotopic (exact) mass is 430 g/mol. The fraction of sp³-hybridized carbons (Fsp3) is 0.611. The lowest BCUT2D eigenvalue weighted by molar-refractivity contribution is -0.123. The number of nitrogens with zero attached hydrogens (tertiary/aromatic N) is 1. The number of amides is 1. The number of halogens is 1. The SMILES string of the molecule is CC1CCCN(CCCCNC(=O)COc2ccc(I)cc2)C1. The highest BCUT2D eigenvalue weighted by molar-refractivity contribution is 14.1. The first-order chi connectivity index (χ1) is 11.1. The van der Waals surface area contributed by atoms with E-state index in [-0.39, 0.29) is 12.5 Å². The molecule has 0 aliphatic carbocycles. The van der Waals surface area contributed by atoms with Crippen LogP contribution in [0.4, 0.5) is 0 Å². The second kappa shape index (κ2) is 10.1. The van der Waals surface area contributed by atoms with Gasteiger partial charge in [-0.3, -0.25) is 4.79 Å². The molecule has 1 atom stereocenters. The minimum Gasteiger partial charge on any atom is -0.484 e. The van der Waals surface area contributed by atoms with Gasteiger partial charge in [0.25, 0.3) is 5.91 Å². The normalized spacial score (nSPS) is 18.6. The maximum Gasteiger partial charge on any atom is 0.257 e. The summed E-state index contributed by atoms with van der Waals surface area (Å²) in [4.78, 5) is 14.3. The molecule has 0 spiro atoms. The van der Waals surface area contributed by atoms with Gasteiger partial charge in [-0.15, -0.1) is 0 Å². The molecule has 1 unspecified atom stereocenters. The molecule has 1 heterocycles. The lowest BCUT2D eigenvalue weighted by atomic mass is 10.0. The predicted octanol–water partition coefficient (Wildman–Crippen LogP) is 3.30. The minimum absolute atomic E-state index is 0.0462. The van der Waals surface area contributed by atoms with Crippen molar-refractivity contribution in [2.45, 2.75) is 32.6 Å². The maximum atomic E-state index is 11.7. The van der Waals surface area contributed by atoms with E-state index in [4.69, 9.17) is 4.74 Å². The molecule has 128 valence electrons. The summed E-state index contributed by atoms with van der Waals surface area (Å²) in [6.07, 6.45) is 4.87. The number of benzene rings is 1. The molecule has 1 saturated heterocycles. The predicted molar refractivity (Wildman–Crippen MR) is 102 cm³/mol. The van der Waals surface area contributed by atoms with Gasteiger partial charge in [0, 0.05) is 16.7 Å². The van der Waals surface area contributed by atoms with Gasteiger partial charge < -0.3 is 15.0 Å². The second-order valence-corrected chi connectivity index (χ2v) is 7.59. The number of nitrogens with one attached hydrogen (secondary N) is 1. The fourth-order valence-electron chi connectivity index (χ4n) is 2.91. The Morgan fingerprint density at radius 1 is 1.35 bits per heavy atom. The molecule has 1 aliphatic rings. The van der Waals surface area contributed by atoms with Gasteiger partial charge in [0.15, 0.2) is 6.61 Å². The largest absolute Gasteiger partial charge is 0.484 e. The third-order valence-electron chi connectivity index (χ3n) is 4.15. The summed E-state index contributed by atoms with van der Waals surface area (Å²) >= 11 is 2.24. The van der Waals surface area contributed by atoms with Crippen LogP contribution < -0.4 is 10.1 Å². The smallest absolute Gasteiger partial charge is 0.257 e. The van der Waals surface area contributed by atoms with E-state index in [1.807, 2.05) is 24.3 Å². The molecule has 0 aromatic heterocycles. The Morgan fingerprint density at radius 2 is 2.13 bits per heavy atom. The van der Waals surface area contributed by atoms with E-state index < -0.39 is 0 Å². The van der Waals surface area contributed by atoms with Gasteiger partial charge in [-0.1, -0.05) is 6.92 Å². The molecule has 4 nitrogen and oxygen atoms in total. The van der Waals surface area contributed by atoms with Crippen molar-refractivity contribution in [1.29, 1.82) is 0 Å². The Hall–Kier alpha value is -0.820. The maximum absolute atomic E-state index is 11.7. The summed E-state index contributed by atoms with van der Waals surface area (Å²) in [5, 5.41) is 2.93. The quantitative estimate of drug-likeness (QED) is 0.509. The summed E-state index contributed by atoms with van der Waals surface area (Å²) in [7, 11) is 0. The number of hydrogen-bond donors (Lipinski definition) is 1. The van der Waals surface area contributed by atoms with E-state index in [2.05, 4.69) is 39.7 Å². The molecule has 23 heavy (non-hydrogen) atoms. The number of likely N-dealkylation sites (tertiary alicyclic amines) is 1. The number of carbonyl (C=O) groups is 1. The van der Waals surface area contributed by atoms with E-state index in [1.165, 1.54) is 25.9 Å². The van der Waals surface area contributed by atoms with Crippen LogP contribution in [-0.2, 0) is 4.79 Å². The van der Waals surface area contributed by atoms with Crippen molar-refractivity contribution in [2.75, 3.05) is 32.8 Å². The Kier molecular flexibility index (Phi) is 8.16. The van der Waals surface area contributed by atoms with Crippen molar-refractivity contribution in [3.63, 3.8) is 0 Å². The van der Waals surface area contributed by atoms with E-state index in [1.54, 1.807) is 0 Å². The van der Waals surface area contributed by atoms with Crippen molar-refractivity contribution in [3.8, 4) is 5.75 Å². The standard InChI is InChI=1S/C18H27IN2O2/c1-15-5-4-12-21(13-15)11-3-2-10-20-18(22)14-23-17-8-6-16(19)7-9-17/h6-9,15H,2-5,10-14H2,1H3,(H,20,22). The van der Waals surface area contributed by atoms with Crippen LogP contribution in [0.5, 0.6) is 5.75 Å². The van der Waals surface area contributed by atoms with Gasteiger partial charge in [-0.25, -0.2) is 0 Å². The van der Waals surface area contributed by atoms with Crippen molar-refractivity contribution >= 4 is 28.5 Å². The van der Waals surface area contributed by atoms with Gasteiger partial charge >= 0.3 is 0 Å². The van der Waals surface area contributed by atoms with Gasteiger partial charge in [0.05, 0.1) is 0 Å². The molecular formula is C18H27IN2O2. The zero-order valence-corrected chi connectivity index (χ0v) is 16.0. The lowest BCUT2D eigenvalue weighted by Gasteiger charge is -2.30. The second-order valence-electron chi connectivity index (χ2n) is 6.35. The van der Waals surface area contributed by atoms with Crippen LogP contribution in [0.2, 0.25) is 0 Å². The van der Waals surface area contributed by atoms with Crippen molar-refractivity contribution in [1.82, 2.24) is 10.2 Å². The van der Waals surface area contributed by atoms with Crippen LogP contribution in [0, 0.1) is 9.49 Å². The van der Waals surface area contributed by atoms with Gasteiger partial charge in [0.1, 0.15) is 5.75 Å². The molecular weight excluding hydrogens is 403 g/mol. The summed E-state index contributed by atoms with van der Waals surface area (Å²) in [6.45, 7) is 6.78. The fourth-order valence-corrected chi connectivity index (χ4v) is 3.27. The summed E-state index contributed by atoms with van der Waals surface area (Å²) in [5.74, 6) is 1.52. The van der Waals surface area contributed by atoms with Crippen molar-refractivity contribution < 1.29 is 9.53 Å². The molecule has 1 amide bonds. The number of ether oxygens (including phenoxy) is 1. The van der Waals surface area contributed by atoms with Crippen LogP contribution in [0.25, 0.3) is 0 Å². The average Bonchev–Trinajstić information content (AvgIpc) is 2.54. The van der Waals surface area contributed by atoms with Crippen molar-refractivity contribution in [2.24, 2.45) is 5.92 Å². The topological polar surface area (TPSA) is 41.6 Å². The van der Waals surface area contributed by atoms with E-state index in [0.717, 1.165) is 41.2 Å². The highest BCUT2D eigenvalue weighted by Crippen LogP contribution is 2.15. The van der Waals surface area contributed by atoms with E-state index in [9.17, 15) is 4.79 Å². The molecule has 1 fully saturated rings. The average molecular weight is 430 g/mol. The highest BCUT2D eigenvalue weighted by Gasteiger charge is 2.15. The summed E-state index contributed by atoms with van der Waals surface area (Å²) in [6, 6.07) is 7.70. The third kappa shape index (κ3) is 7.52. The Morgan fingerprint density at radius 3 is 2.87 bits per heavy atom. The van der Waals surface area contributed by atoms with Crippen LogP contribution >= 0.6 is 22.6 Å². The Labute approximate surface area is 153 Å². The van der Waals surface area contributed by atoms with E-state index in [0.29, 0.717) is 0 Å². The molecule has 1 aromatic rings. The number of carbonyl (C=O) groups excluding carboxylic acids is 1. The van der Waals surface area contributed by atoms with Gasteiger partial charge in [-0.05, 0) is 91.5 Å². The van der Waals surface area contributed by atoms with Gasteiger partial charge in [-0.2, -0.15) is 0 Å². The zero-order valence-electron chi connectivity index (χ0n) is 13.9. The highest BCUT2D eigenvalue weighted by atomic mass is 127. The Balaban J connectivity index is 1.50. The Bertz CT molecular complexity index is 478. The zero-order chi connectivity index (χ0) is 16.5. The van der Waals surface area contributed by atoms with Crippen LogP contribution in [-0.4, -0.2) is 43.6 Å². The van der Waals surface area contributed by atoms with Crippen LogP contribution in [0.1, 0.15) is 32.6 Å². The third-order valence-corrected chi connectivity index (χ3v) is 4.87. The number of piperidine rings is 1. The minimum atomic E-state index is -0.0462. The summed E-state index contributed by atoms with van der Waals surface area (Å²) in [5.41, 5.74) is 0. The summed E-state index contributed by atoms with van der Waals surface area (Å²) < 4.78 is 6.62. The number of rotatable bonds is 8. The molecule has 0 saturated carbocycles. The van der Waals surface area contributed by atoms with Gasteiger partial charge in [0.2, 0.25) is 0 Å². The first-order valence-electron chi connectivity index (χ1n) is 8.51. The molecule has 5 heteroatoms. The van der Waals surface area contributed by atoms with Crippen LogP contribution in [0.3, 0.4) is 0 Å². The van der Waals surface area contributed by atoms with Crippen molar-refractivity contribution in [3.05, 3.63) is 27.8 Å². The molecule has 1 N–H and O–H groups in total. The molecule has 0 bridgehead atoms. The number of unbranched alkanes of at least 4 members (excludes halogenated alkanes) is 1. The first-order valence-corrected chi connectivity index (χ1v) is 9.59. The van der Waals surface area contributed by atoms with E-state index >= 15 is 0 Å². The lowest BCUT2D eigenvalue weighted by Crippen LogP contribution is -2.35.